The molecule has 0 radical (unpaired) electrons. The summed E-state index contributed by atoms with van der Waals surface area (Å²) in [6.07, 6.45) is 0. The zero-order valence-electron chi connectivity index (χ0n) is 4.53. The number of nitrogens with two attached hydrogens (primary N) is 1. The lowest BCUT2D eigenvalue weighted by molar-refractivity contribution is -0.137. The molecule has 0 bridgehead atoms. The van der Waals surface area contributed by atoms with Crippen molar-refractivity contribution in [2.75, 3.05) is 5.73 Å². The van der Waals surface area contributed by atoms with Crippen molar-refractivity contribution in [3.05, 3.63) is 0 Å². The van der Waals surface area contributed by atoms with Gasteiger partial charge in [-0.05, 0) is 0 Å². The normalized spacial score (nSPS) is 20.0. The van der Waals surface area contributed by atoms with Gasteiger partial charge in [-0.1, -0.05) is 0 Å². The van der Waals surface area contributed by atoms with Gasteiger partial charge in [0, 0.05) is 7.10 Å². The Morgan fingerprint density at radius 3 is 2.71 bits per heavy atom. The van der Waals surface area contributed by atoms with Crippen LogP contribution in [0, 0.1) is 0 Å². The minimum Gasteiger partial charge on any atom is -0.480 e. The molecule has 0 aromatic rings. The van der Waals surface area contributed by atoms with E-state index in [1.54, 1.807) is 0 Å². The minimum atomic E-state index is -1.19. The number of hydrogen-bond donors (Lipinski definition) is 3. The van der Waals surface area contributed by atoms with Crippen LogP contribution in [0.5, 0.6) is 0 Å². The molecule has 0 aliphatic carbocycles. The summed E-state index contributed by atoms with van der Waals surface area (Å²) in [5.41, 5.74) is 3.86. The number of hydrogen-bond acceptors (Lipinski definition) is 3. The SMILES string of the molecule is [2H]C(S)[C@H]([15NH2])[15C](=O)O. The monoisotopic (exact) mass is 126 g/mol. The Kier molecular flexibility index (Phi) is 2.02. The molecular weight excluding hydrogens is 118 g/mol. The highest BCUT2D eigenvalue weighted by Crippen LogP contribution is 1.80. The minimum absolute atomic E-state index is 1.03. The smallest absolute Gasteiger partial charge is 0.321 e. The summed E-state index contributed by atoms with van der Waals surface area (Å²) in [6.45, 7) is 0. The largest absolute Gasteiger partial charge is 0.480 e. The maximum absolute atomic E-state index is 9.85. The molecule has 0 spiro atoms. The summed E-state index contributed by atoms with van der Waals surface area (Å²) < 4.78 is 6.67. The van der Waals surface area contributed by atoms with Crippen molar-refractivity contribution >= 4 is 18.6 Å². The highest BCUT2D eigenvalue weighted by Gasteiger charge is 2.06. The third kappa shape index (κ3) is 2.47. The quantitative estimate of drug-likeness (QED) is 0.339. The molecule has 42 valence electrons. The van der Waals surface area contributed by atoms with E-state index < -0.39 is 17.7 Å². The Bertz CT molecular complexity index is 97.3. The van der Waals surface area contributed by atoms with E-state index >= 15 is 0 Å². The lowest BCUT2D eigenvalue weighted by atomic mass is 10.7. The molecule has 0 amide bonds. The second-order valence-electron chi connectivity index (χ2n) is 1.01. The molecule has 3 nitrogen and oxygen atoms in total. The van der Waals surface area contributed by atoms with E-state index in [9.17, 15) is 4.79 Å². The van der Waals surface area contributed by atoms with Crippen LogP contribution in [0.15, 0.2) is 0 Å². The van der Waals surface area contributed by atoms with E-state index in [-0.39, 0.29) is 0 Å². The Hall–Kier alpha value is -0.220. The standard InChI is InChI=1S/C3H7NO2S/c4-2(1-7)3(5)6/h2,7H,1,4H2,(H,5,6)/t2-/m0/s1/i1D,3+3,4+1/t1?,2-. The molecule has 0 heterocycles. The van der Waals surface area contributed by atoms with Crippen LogP contribution in [-0.4, -0.2) is 22.8 Å². The highest BCUT2D eigenvalue weighted by molar-refractivity contribution is 7.80. The fourth-order valence-corrected chi connectivity index (χ4v) is 0.191. The first-order valence-electron chi connectivity index (χ1n) is 2.22. The van der Waals surface area contributed by atoms with Gasteiger partial charge in [-0.2, -0.15) is 12.6 Å². The molecule has 4 heteroatoms. The summed E-state index contributed by atoms with van der Waals surface area (Å²) in [7, 11) is 0. The van der Waals surface area contributed by atoms with E-state index in [0.29, 0.717) is 0 Å². The van der Waals surface area contributed by atoms with Gasteiger partial charge in [0.05, 0.1) is 0 Å². The van der Waals surface area contributed by atoms with Crippen molar-refractivity contribution in [1.82, 2.24) is 0 Å². The predicted molar refractivity (Wildman–Crippen MR) is 29.5 cm³/mol. The van der Waals surface area contributed by atoms with Gasteiger partial charge in [0.15, 0.2) is 0 Å². The average molecular weight is 126 g/mol. The van der Waals surface area contributed by atoms with Crippen molar-refractivity contribution in [3.63, 3.8) is 0 Å². The second-order valence-corrected chi connectivity index (χ2v) is 1.31. The first-order valence-corrected chi connectivity index (χ1v) is 2.16. The molecule has 1 unspecified atom stereocenters. The average Bonchev–Trinajstić information content (AvgIpc) is 1.64. The van der Waals surface area contributed by atoms with E-state index in [4.69, 9.17) is 12.2 Å². The molecule has 0 aliphatic rings. The molecule has 0 aliphatic heterocycles. The van der Waals surface area contributed by atoms with Gasteiger partial charge in [-0.15, -0.1) is 0 Å². The molecule has 0 fully saturated rings. The van der Waals surface area contributed by atoms with E-state index in [1.165, 1.54) is 0 Å². The number of carbonyl (C=O) groups is 1. The van der Waals surface area contributed by atoms with Crippen molar-refractivity contribution in [2.45, 2.75) is 6.04 Å². The van der Waals surface area contributed by atoms with Gasteiger partial charge in [0.25, 0.3) is 0 Å². The third-order valence-electron chi connectivity index (χ3n) is 0.446. The maximum atomic E-state index is 9.85. The Labute approximate surface area is 48.3 Å². The summed E-state index contributed by atoms with van der Waals surface area (Å²) in [5.74, 6) is -1.19. The van der Waals surface area contributed by atoms with Crippen LogP contribution in [0.1, 0.15) is 1.37 Å². The van der Waals surface area contributed by atoms with E-state index in [1.807, 2.05) is 0 Å². The number of carboxylic acid groups (broad SMARTS) is 1. The first-order chi connectivity index (χ1) is 3.55. The van der Waals surface area contributed by atoms with Crippen LogP contribution in [0.25, 0.3) is 0 Å². The van der Waals surface area contributed by atoms with Gasteiger partial charge >= 0.3 is 5.97 Å². The Morgan fingerprint density at radius 1 is 2.29 bits per heavy atom. The highest BCUT2D eigenvalue weighted by atomic mass is 32.1. The molecule has 2 atom stereocenters. The van der Waals surface area contributed by atoms with Gasteiger partial charge in [0.2, 0.25) is 0 Å². The topological polar surface area (TPSA) is 63.3 Å². The number of thiol groups is 1. The van der Waals surface area contributed by atoms with Gasteiger partial charge < -0.3 is 10.8 Å². The van der Waals surface area contributed by atoms with Crippen LogP contribution in [0.4, 0.5) is 0 Å². The summed E-state index contributed by atoms with van der Waals surface area (Å²) in [6, 6.07) is -1.18. The predicted octanol–water partition coefficient (Wildman–Crippen LogP) is -0.672. The fourth-order valence-electron chi connectivity index (χ4n) is 0.0638. The molecule has 0 rings (SSSR count). The summed E-state index contributed by atoms with van der Waals surface area (Å²) in [4.78, 5) is 9.85. The Morgan fingerprint density at radius 2 is 2.71 bits per heavy atom. The molecule has 0 aromatic carbocycles. The Balaban J connectivity index is 3.64. The third-order valence-corrected chi connectivity index (χ3v) is 0.767. The lowest BCUT2D eigenvalue weighted by Crippen LogP contribution is -2.31. The van der Waals surface area contributed by atoms with Crippen molar-refractivity contribution < 1.29 is 11.3 Å². The van der Waals surface area contributed by atoms with Crippen molar-refractivity contribution in [2.24, 2.45) is 5.73 Å². The van der Waals surface area contributed by atoms with Gasteiger partial charge in [-0.25, -0.2) is 0 Å². The van der Waals surface area contributed by atoms with Crippen LogP contribution in [0.3, 0.4) is 0 Å². The molecule has 3 N–H and O–H groups in total. The second kappa shape index (κ2) is 2.87. The van der Waals surface area contributed by atoms with Crippen LogP contribution in [0.2, 0.25) is 0 Å². The van der Waals surface area contributed by atoms with Crippen LogP contribution in [-0.2, 0) is 4.79 Å². The molecule has 7 heavy (non-hydrogen) atoms. The molecular formula is C3H7NO2S. The summed E-state index contributed by atoms with van der Waals surface area (Å²) >= 11 is 3.49. The zero-order valence-corrected chi connectivity index (χ0v) is 4.43. The molecule has 0 aromatic heterocycles. The number of carboxylic acids is 1. The first kappa shape index (κ1) is 4.93. The van der Waals surface area contributed by atoms with E-state index in [2.05, 4.69) is 12.6 Å². The molecule has 0 saturated heterocycles. The zero-order chi connectivity index (χ0) is 6.73. The molecule has 0 saturated carbocycles. The fraction of sp³-hybridized carbons (Fsp3) is 0.667. The van der Waals surface area contributed by atoms with Crippen LogP contribution < -0.4 is 5.73 Å². The van der Waals surface area contributed by atoms with E-state index in [0.717, 1.165) is 0 Å². The van der Waals surface area contributed by atoms with Crippen molar-refractivity contribution in [1.29, 1.82) is 0 Å². The lowest BCUT2D eigenvalue weighted by Gasteiger charge is -1.96. The van der Waals surface area contributed by atoms with Crippen molar-refractivity contribution in [3.8, 4) is 0 Å². The van der Waals surface area contributed by atoms with Gasteiger partial charge in [0.1, 0.15) is 6.04 Å². The summed E-state index contributed by atoms with van der Waals surface area (Å²) in [5, 5.41) is 8.06. The number of rotatable bonds is 2. The van der Waals surface area contributed by atoms with Crippen LogP contribution >= 0.6 is 12.6 Å². The number of aliphatic carboxylic acids is 1. The van der Waals surface area contributed by atoms with Gasteiger partial charge in [-0.3, -0.25) is 4.79 Å². The maximum Gasteiger partial charge on any atom is 0.321 e.